The topological polar surface area (TPSA) is 41.5 Å². The number of carbonyl (C=O) groups excluding carboxylic acids is 1. The number of nitrogens with one attached hydrogen (secondary N) is 1. The average Bonchev–Trinajstić information content (AvgIpc) is 2.34. The Bertz CT molecular complexity index is 520. The minimum Gasteiger partial charge on any atom is -0.267 e. The third kappa shape index (κ3) is 3.89. The molecule has 0 aliphatic heterocycles. The molecule has 1 fully saturated rings. The standard InChI is InChI=1S/C16H21FN2O/c1-11-8-14(10-16(2,3)9-11)18-19-15(20)12-4-6-13(17)7-5-12/h4-7,11H,8-10H2,1-3H3,(H,19,20)/b18-14-/t11-/m0/s1. The highest BCUT2D eigenvalue weighted by Gasteiger charge is 2.29. The van der Waals surface area contributed by atoms with Gasteiger partial charge in [-0.2, -0.15) is 5.10 Å². The van der Waals surface area contributed by atoms with Gasteiger partial charge < -0.3 is 0 Å². The number of carbonyl (C=O) groups is 1. The Hall–Kier alpha value is -1.71. The number of rotatable bonds is 2. The molecule has 0 spiro atoms. The number of hydrogen-bond donors (Lipinski definition) is 1. The second-order valence-corrected chi connectivity index (χ2v) is 6.48. The zero-order chi connectivity index (χ0) is 14.8. The van der Waals surface area contributed by atoms with Gasteiger partial charge in [-0.3, -0.25) is 4.79 Å². The van der Waals surface area contributed by atoms with Crippen LogP contribution in [-0.4, -0.2) is 11.6 Å². The van der Waals surface area contributed by atoms with Crippen LogP contribution in [0, 0.1) is 17.2 Å². The lowest BCUT2D eigenvalue weighted by atomic mass is 9.72. The Balaban J connectivity index is 2.01. The van der Waals surface area contributed by atoms with Gasteiger partial charge in [0.05, 0.1) is 0 Å². The molecule has 1 aromatic carbocycles. The molecule has 3 nitrogen and oxygen atoms in total. The number of amides is 1. The highest BCUT2D eigenvalue weighted by Crippen LogP contribution is 2.36. The number of hydrazone groups is 1. The van der Waals surface area contributed by atoms with Crippen molar-refractivity contribution in [3.63, 3.8) is 0 Å². The fourth-order valence-electron chi connectivity index (χ4n) is 3.00. The number of hydrogen-bond acceptors (Lipinski definition) is 2. The van der Waals surface area contributed by atoms with E-state index in [4.69, 9.17) is 0 Å². The molecular formula is C16H21FN2O. The largest absolute Gasteiger partial charge is 0.271 e. The summed E-state index contributed by atoms with van der Waals surface area (Å²) in [6, 6.07) is 5.46. The van der Waals surface area contributed by atoms with E-state index in [0.29, 0.717) is 11.5 Å². The normalized spacial score (nSPS) is 23.6. The average molecular weight is 276 g/mol. The van der Waals surface area contributed by atoms with Gasteiger partial charge in [-0.15, -0.1) is 0 Å². The fourth-order valence-corrected chi connectivity index (χ4v) is 3.00. The van der Waals surface area contributed by atoms with Crippen molar-refractivity contribution in [2.75, 3.05) is 0 Å². The number of halogens is 1. The van der Waals surface area contributed by atoms with Crippen LogP contribution in [0.25, 0.3) is 0 Å². The second kappa shape index (κ2) is 5.73. The van der Waals surface area contributed by atoms with E-state index in [1.165, 1.54) is 30.7 Å². The lowest BCUT2D eigenvalue weighted by molar-refractivity contribution is 0.0954. The summed E-state index contributed by atoms with van der Waals surface area (Å²) in [5.41, 5.74) is 4.25. The molecule has 0 bridgehead atoms. The first kappa shape index (κ1) is 14.7. The van der Waals surface area contributed by atoms with Crippen molar-refractivity contribution in [2.45, 2.75) is 40.0 Å². The molecule has 108 valence electrons. The molecule has 1 aliphatic carbocycles. The number of nitrogens with zero attached hydrogens (tertiary/aromatic N) is 1. The SMILES string of the molecule is C[C@H]1C/C(=N/NC(=O)c2ccc(F)cc2)CC(C)(C)C1. The Morgan fingerprint density at radius 2 is 2.00 bits per heavy atom. The van der Waals surface area contributed by atoms with Crippen LogP contribution in [0.2, 0.25) is 0 Å². The van der Waals surface area contributed by atoms with Crippen LogP contribution in [0.3, 0.4) is 0 Å². The first-order valence-electron chi connectivity index (χ1n) is 6.97. The lowest BCUT2D eigenvalue weighted by Crippen LogP contribution is -2.30. The van der Waals surface area contributed by atoms with Crippen LogP contribution in [0.4, 0.5) is 4.39 Å². The van der Waals surface area contributed by atoms with E-state index < -0.39 is 0 Å². The van der Waals surface area contributed by atoms with E-state index >= 15 is 0 Å². The van der Waals surface area contributed by atoms with Crippen molar-refractivity contribution >= 4 is 11.6 Å². The summed E-state index contributed by atoms with van der Waals surface area (Å²) in [6.07, 6.45) is 3.01. The molecule has 4 heteroatoms. The quantitative estimate of drug-likeness (QED) is 0.821. The van der Waals surface area contributed by atoms with Crippen LogP contribution in [0.1, 0.15) is 50.4 Å². The first-order chi connectivity index (χ1) is 9.35. The maximum absolute atomic E-state index is 12.8. The maximum atomic E-state index is 12.8. The Labute approximate surface area is 119 Å². The first-order valence-corrected chi connectivity index (χ1v) is 6.97. The molecule has 1 aliphatic rings. The molecule has 0 aromatic heterocycles. The van der Waals surface area contributed by atoms with E-state index in [-0.39, 0.29) is 17.1 Å². The van der Waals surface area contributed by atoms with Gasteiger partial charge in [-0.1, -0.05) is 20.8 Å². The molecular weight excluding hydrogens is 255 g/mol. The Morgan fingerprint density at radius 3 is 2.60 bits per heavy atom. The van der Waals surface area contributed by atoms with E-state index in [2.05, 4.69) is 31.3 Å². The van der Waals surface area contributed by atoms with Gasteiger partial charge in [0.25, 0.3) is 5.91 Å². The smallest absolute Gasteiger partial charge is 0.267 e. The molecule has 1 saturated carbocycles. The highest BCUT2D eigenvalue weighted by molar-refractivity contribution is 5.95. The van der Waals surface area contributed by atoms with Crippen molar-refractivity contribution in [1.29, 1.82) is 0 Å². The highest BCUT2D eigenvalue weighted by atomic mass is 19.1. The predicted octanol–water partition coefficient (Wildman–Crippen LogP) is 3.76. The molecule has 1 aromatic rings. The molecule has 2 rings (SSSR count). The van der Waals surface area contributed by atoms with Crippen LogP contribution in [0.15, 0.2) is 29.4 Å². The zero-order valence-electron chi connectivity index (χ0n) is 12.2. The summed E-state index contributed by atoms with van der Waals surface area (Å²) in [4.78, 5) is 11.9. The summed E-state index contributed by atoms with van der Waals surface area (Å²) in [5.74, 6) is -0.0653. The lowest BCUT2D eigenvalue weighted by Gasteiger charge is -2.34. The summed E-state index contributed by atoms with van der Waals surface area (Å²) in [5, 5.41) is 4.25. The molecule has 1 atom stereocenters. The van der Waals surface area contributed by atoms with Crippen LogP contribution < -0.4 is 5.43 Å². The van der Waals surface area contributed by atoms with E-state index in [9.17, 15) is 9.18 Å². The summed E-state index contributed by atoms with van der Waals surface area (Å²) >= 11 is 0. The van der Waals surface area contributed by atoms with E-state index in [1.807, 2.05) is 0 Å². The molecule has 1 N–H and O–H groups in total. The van der Waals surface area contributed by atoms with Gasteiger partial charge >= 0.3 is 0 Å². The maximum Gasteiger partial charge on any atom is 0.271 e. The van der Waals surface area contributed by atoms with E-state index in [0.717, 1.165) is 18.6 Å². The summed E-state index contributed by atoms with van der Waals surface area (Å²) < 4.78 is 12.8. The van der Waals surface area contributed by atoms with E-state index in [1.54, 1.807) is 0 Å². The molecule has 0 heterocycles. The second-order valence-electron chi connectivity index (χ2n) is 6.48. The summed E-state index contributed by atoms with van der Waals surface area (Å²) in [7, 11) is 0. The van der Waals surface area contributed by atoms with Crippen LogP contribution in [-0.2, 0) is 0 Å². The van der Waals surface area contributed by atoms with Gasteiger partial charge in [-0.25, -0.2) is 9.82 Å². The van der Waals surface area contributed by atoms with Gasteiger partial charge in [-0.05, 0) is 54.9 Å². The van der Waals surface area contributed by atoms with Crippen molar-refractivity contribution in [3.8, 4) is 0 Å². The minimum absolute atomic E-state index is 0.233. The third-order valence-corrected chi connectivity index (χ3v) is 3.59. The van der Waals surface area contributed by atoms with Crippen molar-refractivity contribution in [3.05, 3.63) is 35.6 Å². The fraction of sp³-hybridized carbons (Fsp3) is 0.500. The van der Waals surface area contributed by atoms with Crippen molar-refractivity contribution < 1.29 is 9.18 Å². The monoisotopic (exact) mass is 276 g/mol. The van der Waals surface area contributed by atoms with Crippen molar-refractivity contribution in [2.24, 2.45) is 16.4 Å². The van der Waals surface area contributed by atoms with Crippen LogP contribution in [0.5, 0.6) is 0 Å². The zero-order valence-corrected chi connectivity index (χ0v) is 12.2. The molecule has 20 heavy (non-hydrogen) atoms. The predicted molar refractivity (Wildman–Crippen MR) is 78.1 cm³/mol. The molecule has 0 radical (unpaired) electrons. The third-order valence-electron chi connectivity index (χ3n) is 3.59. The molecule has 1 amide bonds. The Morgan fingerprint density at radius 1 is 1.35 bits per heavy atom. The Kier molecular flexibility index (Phi) is 4.21. The van der Waals surface area contributed by atoms with Gasteiger partial charge in [0.15, 0.2) is 0 Å². The van der Waals surface area contributed by atoms with Gasteiger partial charge in [0.2, 0.25) is 0 Å². The molecule has 0 unspecified atom stereocenters. The van der Waals surface area contributed by atoms with Gasteiger partial charge in [0.1, 0.15) is 5.82 Å². The minimum atomic E-state index is -0.351. The molecule has 0 saturated heterocycles. The van der Waals surface area contributed by atoms with Gasteiger partial charge in [0, 0.05) is 11.3 Å². The number of benzene rings is 1. The van der Waals surface area contributed by atoms with Crippen molar-refractivity contribution in [1.82, 2.24) is 5.43 Å². The van der Waals surface area contributed by atoms with Crippen LogP contribution >= 0.6 is 0 Å². The summed E-state index contributed by atoms with van der Waals surface area (Å²) in [6.45, 7) is 6.65.